The number of carbonyl (C=O) groups is 1. The molecule has 1 aliphatic heterocycles. The van der Waals surface area contributed by atoms with Gasteiger partial charge in [0.2, 0.25) is 5.91 Å². The maximum atomic E-state index is 12.4. The SMILES string of the molecule is Cc1cccc(-n2ccnc2SCC(=O)Nc2nc(CN3CCOCC3)cs2)c1C. The number of hydrogen-bond donors (Lipinski definition) is 1. The third-order valence-electron chi connectivity index (χ3n) is 5.06. The molecule has 0 spiro atoms. The van der Waals surface area contributed by atoms with Crippen LogP contribution in [0.4, 0.5) is 5.13 Å². The lowest BCUT2D eigenvalue weighted by Gasteiger charge is -2.25. The Hall–Kier alpha value is -2.20. The number of carbonyl (C=O) groups excluding carboxylic acids is 1. The van der Waals surface area contributed by atoms with Crippen LogP contribution in [-0.2, 0) is 16.1 Å². The molecule has 0 bridgehead atoms. The zero-order valence-electron chi connectivity index (χ0n) is 17.1. The van der Waals surface area contributed by atoms with Crippen molar-refractivity contribution >= 4 is 34.1 Å². The van der Waals surface area contributed by atoms with Gasteiger partial charge in [-0.3, -0.25) is 14.3 Å². The first-order valence-corrected chi connectivity index (χ1v) is 11.7. The number of nitrogens with zero attached hydrogens (tertiary/aromatic N) is 4. The minimum absolute atomic E-state index is 0.0808. The molecule has 7 nitrogen and oxygen atoms in total. The Labute approximate surface area is 184 Å². The fourth-order valence-corrected chi connectivity index (χ4v) is 4.77. The number of amides is 1. The molecular formula is C21H25N5O2S2. The van der Waals surface area contributed by atoms with Gasteiger partial charge in [0, 0.05) is 37.4 Å². The predicted octanol–water partition coefficient (Wildman–Crippen LogP) is 3.51. The summed E-state index contributed by atoms with van der Waals surface area (Å²) in [5.41, 5.74) is 4.50. The maximum absolute atomic E-state index is 12.4. The number of morpholine rings is 1. The van der Waals surface area contributed by atoms with Crippen LogP contribution >= 0.6 is 23.1 Å². The maximum Gasteiger partial charge on any atom is 0.236 e. The molecule has 4 rings (SSSR count). The molecule has 2 aromatic heterocycles. The average molecular weight is 444 g/mol. The molecule has 3 aromatic rings. The molecule has 0 saturated carbocycles. The summed E-state index contributed by atoms with van der Waals surface area (Å²) in [7, 11) is 0. The molecule has 1 aliphatic rings. The summed E-state index contributed by atoms with van der Waals surface area (Å²) in [5.74, 6) is 0.197. The van der Waals surface area contributed by atoms with Crippen LogP contribution in [0.1, 0.15) is 16.8 Å². The smallest absolute Gasteiger partial charge is 0.236 e. The molecular weight excluding hydrogens is 418 g/mol. The van der Waals surface area contributed by atoms with E-state index in [1.165, 1.54) is 34.2 Å². The molecule has 0 atom stereocenters. The second-order valence-electron chi connectivity index (χ2n) is 7.17. The van der Waals surface area contributed by atoms with Gasteiger partial charge in [-0.1, -0.05) is 23.9 Å². The standard InChI is InChI=1S/C21H25N5O2S2/c1-15-4-3-5-18(16(15)2)26-7-6-22-21(26)30-14-19(27)24-20-23-17(13-29-20)12-25-8-10-28-11-9-25/h3-7,13H,8-12,14H2,1-2H3,(H,23,24,27). The second kappa shape index (κ2) is 9.74. The quantitative estimate of drug-likeness (QED) is 0.564. The first kappa shape index (κ1) is 21.0. The van der Waals surface area contributed by atoms with Gasteiger partial charge >= 0.3 is 0 Å². The number of thiazole rings is 1. The fraction of sp³-hybridized carbons (Fsp3) is 0.381. The highest BCUT2D eigenvalue weighted by molar-refractivity contribution is 7.99. The van der Waals surface area contributed by atoms with E-state index in [9.17, 15) is 4.79 Å². The Bertz CT molecular complexity index is 1010. The van der Waals surface area contributed by atoms with Crippen LogP contribution in [0.15, 0.2) is 41.1 Å². The summed E-state index contributed by atoms with van der Waals surface area (Å²) >= 11 is 2.88. The largest absolute Gasteiger partial charge is 0.379 e. The average Bonchev–Trinajstić information content (AvgIpc) is 3.39. The van der Waals surface area contributed by atoms with Gasteiger partial charge in [0.1, 0.15) is 0 Å². The number of benzene rings is 1. The molecule has 1 saturated heterocycles. The molecule has 0 radical (unpaired) electrons. The van der Waals surface area contributed by atoms with E-state index in [2.05, 4.69) is 46.2 Å². The van der Waals surface area contributed by atoms with Gasteiger partial charge < -0.3 is 10.1 Å². The number of aromatic nitrogens is 3. The van der Waals surface area contributed by atoms with Crippen LogP contribution in [0.3, 0.4) is 0 Å². The van der Waals surface area contributed by atoms with Gasteiger partial charge in [0.15, 0.2) is 10.3 Å². The van der Waals surface area contributed by atoms with Crippen molar-refractivity contribution in [3.8, 4) is 5.69 Å². The lowest BCUT2D eigenvalue weighted by Crippen LogP contribution is -2.35. The number of aryl methyl sites for hydroxylation is 1. The van der Waals surface area contributed by atoms with Crippen LogP contribution in [0.5, 0.6) is 0 Å². The van der Waals surface area contributed by atoms with E-state index in [1.54, 1.807) is 6.20 Å². The number of hydrogen-bond acceptors (Lipinski definition) is 7. The van der Waals surface area contributed by atoms with Crippen molar-refractivity contribution in [2.24, 2.45) is 0 Å². The summed E-state index contributed by atoms with van der Waals surface area (Å²) in [6.45, 7) is 8.36. The Morgan fingerprint density at radius 2 is 2.13 bits per heavy atom. The normalized spacial score (nSPS) is 14.7. The number of nitrogens with one attached hydrogen (secondary N) is 1. The van der Waals surface area contributed by atoms with Crippen LogP contribution in [0.2, 0.25) is 0 Å². The third kappa shape index (κ3) is 5.10. The van der Waals surface area contributed by atoms with E-state index in [1.807, 2.05) is 22.2 Å². The number of ether oxygens (including phenoxy) is 1. The molecule has 1 amide bonds. The summed E-state index contributed by atoms with van der Waals surface area (Å²) in [5, 5.41) is 6.35. The van der Waals surface area contributed by atoms with Crippen molar-refractivity contribution < 1.29 is 9.53 Å². The monoisotopic (exact) mass is 443 g/mol. The van der Waals surface area contributed by atoms with Crippen LogP contribution in [0.25, 0.3) is 5.69 Å². The van der Waals surface area contributed by atoms with E-state index < -0.39 is 0 Å². The molecule has 158 valence electrons. The Morgan fingerprint density at radius 3 is 2.97 bits per heavy atom. The number of thioether (sulfide) groups is 1. The van der Waals surface area contributed by atoms with Gasteiger partial charge in [-0.05, 0) is 31.0 Å². The van der Waals surface area contributed by atoms with Crippen molar-refractivity contribution in [1.82, 2.24) is 19.4 Å². The summed E-state index contributed by atoms with van der Waals surface area (Å²) < 4.78 is 7.41. The van der Waals surface area contributed by atoms with Crippen LogP contribution in [-0.4, -0.2) is 57.4 Å². The van der Waals surface area contributed by atoms with Crippen LogP contribution < -0.4 is 5.32 Å². The van der Waals surface area contributed by atoms with Gasteiger partial charge in [-0.25, -0.2) is 9.97 Å². The Morgan fingerprint density at radius 1 is 1.30 bits per heavy atom. The zero-order chi connectivity index (χ0) is 20.9. The van der Waals surface area contributed by atoms with Gasteiger partial charge in [0.05, 0.1) is 30.3 Å². The first-order valence-electron chi connectivity index (χ1n) is 9.87. The molecule has 1 N–H and O–H groups in total. The van der Waals surface area contributed by atoms with Crippen molar-refractivity contribution in [2.75, 3.05) is 37.4 Å². The fourth-order valence-electron chi connectivity index (χ4n) is 3.29. The molecule has 30 heavy (non-hydrogen) atoms. The van der Waals surface area contributed by atoms with E-state index in [4.69, 9.17) is 4.74 Å². The first-order chi connectivity index (χ1) is 14.6. The molecule has 0 unspecified atom stereocenters. The van der Waals surface area contributed by atoms with E-state index >= 15 is 0 Å². The summed E-state index contributed by atoms with van der Waals surface area (Å²) in [4.78, 5) is 23.7. The molecule has 1 fully saturated rings. The Balaban J connectivity index is 1.33. The number of anilines is 1. The highest BCUT2D eigenvalue weighted by atomic mass is 32.2. The third-order valence-corrected chi connectivity index (χ3v) is 6.84. The van der Waals surface area contributed by atoms with E-state index in [-0.39, 0.29) is 11.7 Å². The highest BCUT2D eigenvalue weighted by Crippen LogP contribution is 2.25. The lowest BCUT2D eigenvalue weighted by molar-refractivity contribution is -0.113. The van der Waals surface area contributed by atoms with Gasteiger partial charge in [0.25, 0.3) is 0 Å². The van der Waals surface area contributed by atoms with E-state index in [0.29, 0.717) is 5.13 Å². The summed E-state index contributed by atoms with van der Waals surface area (Å²) in [6, 6.07) is 6.20. The topological polar surface area (TPSA) is 72.3 Å². The van der Waals surface area contributed by atoms with Crippen molar-refractivity contribution in [1.29, 1.82) is 0 Å². The van der Waals surface area contributed by atoms with Crippen LogP contribution in [0, 0.1) is 13.8 Å². The molecule has 9 heteroatoms. The van der Waals surface area contributed by atoms with Crippen molar-refractivity contribution in [3.05, 3.63) is 52.8 Å². The van der Waals surface area contributed by atoms with Gasteiger partial charge in [-0.2, -0.15) is 0 Å². The predicted molar refractivity (Wildman–Crippen MR) is 121 cm³/mol. The second-order valence-corrected chi connectivity index (χ2v) is 8.97. The number of rotatable bonds is 7. The molecule has 3 heterocycles. The Kier molecular flexibility index (Phi) is 6.83. The molecule has 0 aliphatic carbocycles. The lowest BCUT2D eigenvalue weighted by atomic mass is 10.1. The molecule has 1 aromatic carbocycles. The van der Waals surface area contributed by atoms with Gasteiger partial charge in [-0.15, -0.1) is 11.3 Å². The minimum atomic E-state index is -0.0808. The van der Waals surface area contributed by atoms with Crippen molar-refractivity contribution in [3.63, 3.8) is 0 Å². The summed E-state index contributed by atoms with van der Waals surface area (Å²) in [6.07, 6.45) is 3.70. The zero-order valence-corrected chi connectivity index (χ0v) is 18.8. The van der Waals surface area contributed by atoms with E-state index in [0.717, 1.165) is 49.4 Å². The highest BCUT2D eigenvalue weighted by Gasteiger charge is 2.15. The number of imidazole rings is 1. The minimum Gasteiger partial charge on any atom is -0.379 e. The van der Waals surface area contributed by atoms with Crippen molar-refractivity contribution in [2.45, 2.75) is 25.5 Å².